The molecule has 0 fully saturated rings. The molecule has 0 amide bonds. The fraction of sp³-hybridized carbons (Fsp3) is 0.171. The minimum atomic E-state index is -3.75. The SMILES string of the molecule is CC(=O)CCc1ccc2cccc(NS(=O)(=O)c3ccc(C)cc3)c2n1.Cc1ccc(S(=O)(=O)Nc2cccc3ccc(CCC(=N)N)nc23)cc1.Cc1ccc(S(=O)(=O)Nc2cccc3ccc(CCCCNS(=O)(=O)c4ccccc4)nc23)cc1.Cc1ccc(S(=O)(=O)Nc2cccc3ccc(CN)nc23)cc1. The topological polar surface area (TPSA) is 375 Å². The van der Waals surface area contributed by atoms with E-state index in [1.165, 1.54) is 0 Å². The molecule has 0 aliphatic carbocycles. The van der Waals surface area contributed by atoms with E-state index in [0.29, 0.717) is 102 Å². The van der Waals surface area contributed by atoms with E-state index in [1.807, 2.05) is 100 Å². The van der Waals surface area contributed by atoms with Crippen molar-refractivity contribution in [2.24, 2.45) is 11.5 Å². The number of anilines is 4. The number of benzene rings is 9. The Morgan fingerprint density at radius 2 is 0.627 bits per heavy atom. The summed E-state index contributed by atoms with van der Waals surface area (Å²) in [5, 5.41) is 10.7. The van der Waals surface area contributed by atoms with Crippen LogP contribution in [0.4, 0.5) is 22.7 Å². The first kappa shape index (κ1) is 81.2. The molecule has 0 aliphatic heterocycles. The number of Topliss-reactive ketones (excluding diaryl/α,β-unsaturated/α-hetero) is 1. The monoisotopic (exact) mass is 1570 g/mol. The van der Waals surface area contributed by atoms with Crippen LogP contribution in [-0.2, 0) is 80.7 Å². The van der Waals surface area contributed by atoms with E-state index < -0.39 is 50.1 Å². The molecule has 0 unspecified atom stereocenters. The smallest absolute Gasteiger partial charge is 0.261 e. The molecule has 10 N–H and O–H groups in total. The lowest BCUT2D eigenvalue weighted by molar-refractivity contribution is -0.117. The van der Waals surface area contributed by atoms with Crippen molar-refractivity contribution in [3.05, 3.63) is 294 Å². The lowest BCUT2D eigenvalue weighted by Gasteiger charge is -2.12. The molecule has 13 aromatic rings. The molecule has 0 radical (unpaired) electrons. The van der Waals surface area contributed by atoms with Crippen molar-refractivity contribution >= 4 is 128 Å². The van der Waals surface area contributed by atoms with Gasteiger partial charge in [0.15, 0.2) is 0 Å². The highest BCUT2D eigenvalue weighted by atomic mass is 32.2. The van der Waals surface area contributed by atoms with Crippen LogP contribution in [0, 0.1) is 33.1 Å². The van der Waals surface area contributed by atoms with Crippen molar-refractivity contribution in [2.75, 3.05) is 25.4 Å². The predicted octanol–water partition coefficient (Wildman–Crippen LogP) is 14.5. The maximum absolute atomic E-state index is 12.9. The normalized spacial score (nSPS) is 11.7. The Morgan fingerprint density at radius 3 is 0.936 bits per heavy atom. The number of nitrogens with two attached hydrogens (primary N) is 2. The number of fused-ring (bicyclic) bond motifs is 4. The van der Waals surface area contributed by atoms with Gasteiger partial charge in [-0.2, -0.15) is 0 Å². The van der Waals surface area contributed by atoms with E-state index in [-0.39, 0.29) is 36.1 Å². The number of nitrogens with zero attached hydrogens (tertiary/aromatic N) is 4. The van der Waals surface area contributed by atoms with E-state index in [4.69, 9.17) is 21.9 Å². The highest BCUT2D eigenvalue weighted by Crippen LogP contribution is 2.31. The van der Waals surface area contributed by atoms with Crippen LogP contribution in [-0.4, -0.2) is 80.2 Å². The summed E-state index contributed by atoms with van der Waals surface area (Å²) in [6.45, 7) is 9.79. The minimum absolute atomic E-state index is 0.0975. The van der Waals surface area contributed by atoms with Crippen molar-refractivity contribution in [2.45, 2.75) is 111 Å². The van der Waals surface area contributed by atoms with Gasteiger partial charge in [0.1, 0.15) is 5.78 Å². The molecule has 0 spiro atoms. The third-order valence-electron chi connectivity index (χ3n) is 17.2. The van der Waals surface area contributed by atoms with Gasteiger partial charge in [-0.3, -0.25) is 39.2 Å². The highest BCUT2D eigenvalue weighted by molar-refractivity contribution is 7.93. The van der Waals surface area contributed by atoms with Crippen molar-refractivity contribution in [3.63, 3.8) is 0 Å². The summed E-state index contributed by atoms with van der Waals surface area (Å²) in [5.41, 5.74) is 22.0. The number of para-hydroxylation sites is 4. The Balaban J connectivity index is 0.000000158. The molecule has 9 aromatic carbocycles. The van der Waals surface area contributed by atoms with Crippen LogP contribution in [0.25, 0.3) is 43.6 Å². The Labute approximate surface area is 641 Å². The summed E-state index contributed by atoms with van der Waals surface area (Å²) < 4.78 is 139. The van der Waals surface area contributed by atoms with E-state index in [2.05, 4.69) is 38.6 Å². The number of aromatic nitrogens is 4. The van der Waals surface area contributed by atoms with Gasteiger partial charge in [0, 0.05) is 64.6 Å². The number of hydrogen-bond donors (Lipinski definition) is 8. The number of amidine groups is 1. The molecule has 0 saturated heterocycles. The van der Waals surface area contributed by atoms with Gasteiger partial charge in [0.2, 0.25) is 10.0 Å². The largest absolute Gasteiger partial charge is 0.388 e. The lowest BCUT2D eigenvalue weighted by Crippen LogP contribution is -2.24. The van der Waals surface area contributed by atoms with E-state index >= 15 is 0 Å². The molecule has 13 rings (SSSR count). The van der Waals surface area contributed by atoms with Gasteiger partial charge in [-0.15, -0.1) is 0 Å². The molecule has 0 saturated carbocycles. The maximum atomic E-state index is 12.9. The van der Waals surface area contributed by atoms with Crippen molar-refractivity contribution in [3.8, 4) is 0 Å². The number of ketones is 1. The Bertz CT molecular complexity index is 5900. The number of sulfonamides is 5. The minimum Gasteiger partial charge on any atom is -0.388 e. The first-order chi connectivity index (χ1) is 52.4. The lowest BCUT2D eigenvalue weighted by atomic mass is 10.1. The second-order valence-corrected chi connectivity index (χ2v) is 34.5. The van der Waals surface area contributed by atoms with Crippen LogP contribution in [0.3, 0.4) is 0 Å². The summed E-state index contributed by atoms with van der Waals surface area (Å²) >= 11 is 0. The number of carbonyl (C=O) groups is 1. The zero-order valence-corrected chi connectivity index (χ0v) is 65.1. The second kappa shape index (κ2) is 36.2. The Hall–Kier alpha value is -11.4. The number of carbonyl (C=O) groups excluding carboxylic acids is 1. The fourth-order valence-electron chi connectivity index (χ4n) is 11.2. The standard InChI is InChI=1S/C26H27N3O4S2.C20H20N2O3S.C19H20N4O2S.C17H17N3O2S/c1-20-13-17-24(18-14-20)35(32,33)29-25-12-7-8-21-15-16-22(28-26(21)25)9-5-6-19-27-34(30,31)23-10-3-2-4-11-23;1-14-6-12-18(13-7-14)26(24,25)22-19-5-3-4-16-9-11-17(21-20(16)19)10-8-15(2)23;1-13-5-10-16(11-6-13)26(24,25)23-17-4-2-3-14-7-8-15(22-19(14)17)9-12-18(20)21;1-12-5-9-15(10-6-12)23(21,22)20-16-4-2-3-13-7-8-14(11-18)19-17(13)16/h2-4,7-8,10-18,27,29H,5-6,9,19H2,1H3;3-7,9,11-13,22H,8,10H2,1-2H3;2-8,10-11,23H,9,12H2,1H3,(H3,20,21);2-10,20H,11,18H2,1H3. The maximum Gasteiger partial charge on any atom is 0.261 e. The van der Waals surface area contributed by atoms with Crippen molar-refractivity contribution in [1.29, 1.82) is 5.41 Å². The van der Waals surface area contributed by atoms with Crippen LogP contribution in [0.2, 0.25) is 0 Å². The van der Waals surface area contributed by atoms with Gasteiger partial charge in [-0.05, 0) is 176 Å². The van der Waals surface area contributed by atoms with E-state index in [1.54, 1.807) is 183 Å². The number of nitrogens with one attached hydrogen (secondary N) is 6. The number of hydrogen-bond acceptors (Lipinski definition) is 17. The molecule has 110 heavy (non-hydrogen) atoms. The average Bonchev–Trinajstić information content (AvgIpc) is 0.806. The summed E-state index contributed by atoms with van der Waals surface area (Å²) in [6, 6.07) is 71.5. The van der Waals surface area contributed by atoms with E-state index in [0.717, 1.165) is 67.3 Å². The number of pyridine rings is 4. The Morgan fingerprint density at radius 1 is 0.336 bits per heavy atom. The Kier molecular flexibility index (Phi) is 26.7. The van der Waals surface area contributed by atoms with Gasteiger partial charge in [0.25, 0.3) is 40.1 Å². The van der Waals surface area contributed by atoms with Crippen molar-refractivity contribution < 1.29 is 46.9 Å². The van der Waals surface area contributed by atoms with Gasteiger partial charge in [-0.25, -0.2) is 51.8 Å². The molecule has 0 atom stereocenters. The first-order valence-electron chi connectivity index (χ1n) is 34.9. The molecule has 568 valence electrons. The van der Waals surface area contributed by atoms with Crippen LogP contribution in [0.15, 0.2) is 273 Å². The predicted molar refractivity (Wildman–Crippen MR) is 437 cm³/mol. The van der Waals surface area contributed by atoms with Crippen LogP contribution in [0.1, 0.15) is 77.6 Å². The molecule has 28 heteroatoms. The summed E-state index contributed by atoms with van der Waals surface area (Å²) in [7, 11) is -18.3. The summed E-state index contributed by atoms with van der Waals surface area (Å²) in [4.78, 5) is 30.5. The zero-order valence-electron chi connectivity index (χ0n) is 61.0. The van der Waals surface area contributed by atoms with Gasteiger partial charge >= 0.3 is 0 Å². The quantitative estimate of drug-likeness (QED) is 0.0142. The van der Waals surface area contributed by atoms with Gasteiger partial charge < -0.3 is 16.3 Å². The molecule has 4 aromatic heterocycles. The first-order valence-corrected chi connectivity index (χ1v) is 42.4. The van der Waals surface area contributed by atoms with Gasteiger partial charge in [-0.1, -0.05) is 162 Å². The number of aryl methyl sites for hydroxylation is 7. The molecule has 0 bridgehead atoms. The molecular formula is C82H84N12O11S5. The van der Waals surface area contributed by atoms with Gasteiger partial charge in [0.05, 0.1) is 80.8 Å². The second-order valence-electron chi connectivity index (χ2n) is 26.0. The molecular weight excluding hydrogens is 1490 g/mol. The average molecular weight is 1570 g/mol. The fourth-order valence-corrected chi connectivity index (χ4v) is 16.5. The highest BCUT2D eigenvalue weighted by Gasteiger charge is 2.22. The third-order valence-corrected chi connectivity index (χ3v) is 24.2. The number of rotatable bonds is 26. The zero-order chi connectivity index (χ0) is 78.8. The van der Waals surface area contributed by atoms with E-state index in [9.17, 15) is 46.9 Å². The molecule has 0 aliphatic rings. The van der Waals surface area contributed by atoms with Crippen molar-refractivity contribution in [1.82, 2.24) is 24.7 Å². The number of unbranched alkanes of at least 4 members (excludes halogenated alkanes) is 1. The van der Waals surface area contributed by atoms with Crippen LogP contribution >= 0.6 is 0 Å². The van der Waals surface area contributed by atoms with Crippen LogP contribution in [0.5, 0.6) is 0 Å². The molecule has 4 heterocycles. The van der Waals surface area contributed by atoms with Crippen LogP contribution < -0.4 is 35.1 Å². The third kappa shape index (κ3) is 22.2. The summed E-state index contributed by atoms with van der Waals surface area (Å²) in [5.74, 6) is 0.195. The summed E-state index contributed by atoms with van der Waals surface area (Å²) in [6.07, 6.45) is 3.91. The molecule has 23 nitrogen and oxygen atoms in total.